The second-order valence-corrected chi connectivity index (χ2v) is 4.01. The topological polar surface area (TPSA) is 18.5 Å². The number of rotatable bonds is 6. The van der Waals surface area contributed by atoms with Crippen molar-refractivity contribution in [2.24, 2.45) is 0 Å². The highest BCUT2D eigenvalue weighted by atomic mass is 35.5. The van der Waals surface area contributed by atoms with E-state index in [0.717, 1.165) is 11.1 Å². The largest absolute Gasteiger partial charge is 0.491 e. The smallest absolute Gasteiger partial charge is 0.127 e. The fraction of sp³-hybridized carbons (Fsp3) is 0.286. The second-order valence-electron chi connectivity index (χ2n) is 3.63. The first kappa shape index (κ1) is 12.2. The van der Waals surface area contributed by atoms with Crippen molar-refractivity contribution in [3.05, 3.63) is 42.5 Å². The Balaban J connectivity index is 1.98. The summed E-state index contributed by atoms with van der Waals surface area (Å²) in [5.74, 6) is 1.42. The molecule has 0 atom stereocenters. The minimum atomic E-state index is 0.522. The molecule has 0 aromatic heterocycles. The Morgan fingerprint density at radius 1 is 0.882 bits per heavy atom. The average Bonchev–Trinajstić information content (AvgIpc) is 2.39. The molecular formula is C14H15ClO2. The molecule has 90 valence electrons. The summed E-state index contributed by atoms with van der Waals surface area (Å²) in [5, 5.41) is 2.32. The maximum atomic E-state index is 5.70. The Labute approximate surface area is 106 Å². The van der Waals surface area contributed by atoms with E-state index in [4.69, 9.17) is 21.1 Å². The van der Waals surface area contributed by atoms with Gasteiger partial charge >= 0.3 is 0 Å². The molecule has 0 bridgehead atoms. The summed E-state index contributed by atoms with van der Waals surface area (Å²) in [7, 11) is 0. The van der Waals surface area contributed by atoms with Crippen LogP contribution in [0.3, 0.4) is 0 Å². The van der Waals surface area contributed by atoms with Gasteiger partial charge in [0.2, 0.25) is 0 Å². The normalized spacial score (nSPS) is 10.6. The van der Waals surface area contributed by atoms with Crippen LogP contribution in [0.5, 0.6) is 5.75 Å². The number of fused-ring (bicyclic) bond motifs is 1. The van der Waals surface area contributed by atoms with Gasteiger partial charge < -0.3 is 9.47 Å². The van der Waals surface area contributed by atoms with Crippen LogP contribution in [0.1, 0.15) is 0 Å². The molecule has 0 fully saturated rings. The fourth-order valence-corrected chi connectivity index (χ4v) is 1.80. The molecule has 0 saturated heterocycles. The molecular weight excluding hydrogens is 236 g/mol. The summed E-state index contributed by atoms with van der Waals surface area (Å²) < 4.78 is 11.0. The van der Waals surface area contributed by atoms with Gasteiger partial charge in [0.05, 0.1) is 13.2 Å². The average molecular weight is 251 g/mol. The number of alkyl halides is 1. The van der Waals surface area contributed by atoms with E-state index < -0.39 is 0 Å². The molecule has 2 aromatic carbocycles. The molecule has 2 nitrogen and oxygen atoms in total. The third kappa shape index (κ3) is 3.35. The third-order valence-corrected chi connectivity index (χ3v) is 2.61. The summed E-state index contributed by atoms with van der Waals surface area (Å²) >= 11 is 5.51. The van der Waals surface area contributed by atoms with Crippen molar-refractivity contribution < 1.29 is 9.47 Å². The Kier molecular flexibility index (Phi) is 4.65. The lowest BCUT2D eigenvalue weighted by Crippen LogP contribution is -2.08. The van der Waals surface area contributed by atoms with Gasteiger partial charge in [0.1, 0.15) is 12.4 Å². The van der Waals surface area contributed by atoms with Gasteiger partial charge in [0, 0.05) is 11.3 Å². The van der Waals surface area contributed by atoms with Crippen molar-refractivity contribution in [3.8, 4) is 5.75 Å². The highest BCUT2D eigenvalue weighted by molar-refractivity contribution is 6.17. The lowest BCUT2D eigenvalue weighted by molar-refractivity contribution is 0.112. The Hall–Kier alpha value is -1.25. The van der Waals surface area contributed by atoms with Crippen LogP contribution in [0.25, 0.3) is 10.8 Å². The molecule has 0 aliphatic carbocycles. The first-order valence-electron chi connectivity index (χ1n) is 5.66. The van der Waals surface area contributed by atoms with Gasteiger partial charge in [-0.15, -0.1) is 11.6 Å². The number of halogens is 1. The van der Waals surface area contributed by atoms with Crippen LogP contribution in [0.15, 0.2) is 42.5 Å². The lowest BCUT2D eigenvalue weighted by Gasteiger charge is -2.09. The van der Waals surface area contributed by atoms with Crippen molar-refractivity contribution in [3.63, 3.8) is 0 Å². The van der Waals surface area contributed by atoms with Crippen LogP contribution in [-0.4, -0.2) is 25.7 Å². The standard InChI is InChI=1S/C14H15ClO2/c15-8-9-16-10-11-17-14-7-3-5-12-4-1-2-6-13(12)14/h1-7H,8-11H2. The quantitative estimate of drug-likeness (QED) is 0.577. The lowest BCUT2D eigenvalue weighted by atomic mass is 10.1. The molecule has 3 heteroatoms. The Bertz CT molecular complexity index is 465. The fourth-order valence-electron chi connectivity index (χ4n) is 1.69. The summed E-state index contributed by atoms with van der Waals surface area (Å²) in [6.07, 6.45) is 0. The molecule has 0 saturated carbocycles. The molecule has 0 spiro atoms. The Morgan fingerprint density at radius 3 is 2.59 bits per heavy atom. The van der Waals surface area contributed by atoms with E-state index in [1.807, 2.05) is 24.3 Å². The first-order valence-corrected chi connectivity index (χ1v) is 6.19. The molecule has 2 aromatic rings. The van der Waals surface area contributed by atoms with Crippen molar-refractivity contribution >= 4 is 22.4 Å². The monoisotopic (exact) mass is 250 g/mol. The zero-order valence-corrected chi connectivity index (χ0v) is 10.3. The van der Waals surface area contributed by atoms with Crippen LogP contribution in [0.4, 0.5) is 0 Å². The predicted octanol–water partition coefficient (Wildman–Crippen LogP) is 3.47. The molecule has 0 heterocycles. The van der Waals surface area contributed by atoms with Crippen molar-refractivity contribution in [2.75, 3.05) is 25.7 Å². The van der Waals surface area contributed by atoms with Crippen LogP contribution in [0.2, 0.25) is 0 Å². The van der Waals surface area contributed by atoms with Gasteiger partial charge in [-0.05, 0) is 11.5 Å². The molecule has 0 unspecified atom stereocenters. The zero-order valence-electron chi connectivity index (χ0n) is 9.56. The van der Waals surface area contributed by atoms with Gasteiger partial charge in [0.25, 0.3) is 0 Å². The molecule has 0 aliphatic heterocycles. The zero-order chi connectivity index (χ0) is 11.9. The molecule has 2 rings (SSSR count). The minimum Gasteiger partial charge on any atom is -0.491 e. The van der Waals surface area contributed by atoms with Crippen LogP contribution >= 0.6 is 11.6 Å². The second kappa shape index (κ2) is 6.48. The first-order chi connectivity index (χ1) is 8.42. The maximum absolute atomic E-state index is 5.70. The van der Waals surface area contributed by atoms with Gasteiger partial charge in [-0.1, -0.05) is 36.4 Å². The molecule has 0 radical (unpaired) electrons. The Morgan fingerprint density at radius 2 is 1.71 bits per heavy atom. The highest BCUT2D eigenvalue weighted by Crippen LogP contribution is 2.24. The summed E-state index contributed by atoms with van der Waals surface area (Å²) in [5.41, 5.74) is 0. The number of benzene rings is 2. The van der Waals surface area contributed by atoms with E-state index in [-0.39, 0.29) is 0 Å². The minimum absolute atomic E-state index is 0.522. The van der Waals surface area contributed by atoms with E-state index in [1.54, 1.807) is 0 Å². The van der Waals surface area contributed by atoms with Crippen molar-refractivity contribution in [1.29, 1.82) is 0 Å². The van der Waals surface area contributed by atoms with Crippen LogP contribution in [-0.2, 0) is 4.74 Å². The van der Waals surface area contributed by atoms with E-state index in [0.29, 0.717) is 25.7 Å². The van der Waals surface area contributed by atoms with E-state index in [2.05, 4.69) is 18.2 Å². The SMILES string of the molecule is ClCCOCCOc1cccc2ccccc12. The van der Waals surface area contributed by atoms with E-state index in [1.165, 1.54) is 5.39 Å². The van der Waals surface area contributed by atoms with Crippen LogP contribution in [0, 0.1) is 0 Å². The van der Waals surface area contributed by atoms with Gasteiger partial charge in [-0.2, -0.15) is 0 Å². The van der Waals surface area contributed by atoms with E-state index >= 15 is 0 Å². The number of hydrogen-bond acceptors (Lipinski definition) is 2. The molecule has 0 aliphatic rings. The number of hydrogen-bond donors (Lipinski definition) is 0. The van der Waals surface area contributed by atoms with Gasteiger partial charge in [-0.3, -0.25) is 0 Å². The summed E-state index contributed by atoms with van der Waals surface area (Å²) in [4.78, 5) is 0. The maximum Gasteiger partial charge on any atom is 0.127 e. The van der Waals surface area contributed by atoms with E-state index in [9.17, 15) is 0 Å². The molecule has 0 amide bonds. The van der Waals surface area contributed by atoms with Crippen molar-refractivity contribution in [1.82, 2.24) is 0 Å². The molecule has 17 heavy (non-hydrogen) atoms. The van der Waals surface area contributed by atoms with Crippen LogP contribution < -0.4 is 4.74 Å². The summed E-state index contributed by atoms with van der Waals surface area (Å²) in [6, 6.07) is 14.2. The van der Waals surface area contributed by atoms with Gasteiger partial charge in [0.15, 0.2) is 0 Å². The molecule has 0 N–H and O–H groups in total. The third-order valence-electron chi connectivity index (χ3n) is 2.46. The van der Waals surface area contributed by atoms with Crippen molar-refractivity contribution in [2.45, 2.75) is 0 Å². The number of ether oxygens (including phenoxy) is 2. The predicted molar refractivity (Wildman–Crippen MR) is 71.0 cm³/mol. The highest BCUT2D eigenvalue weighted by Gasteiger charge is 2.00. The summed E-state index contributed by atoms with van der Waals surface area (Å²) in [6.45, 7) is 1.68. The van der Waals surface area contributed by atoms with Gasteiger partial charge in [-0.25, -0.2) is 0 Å².